The third-order valence-corrected chi connectivity index (χ3v) is 5.98. The highest BCUT2D eigenvalue weighted by Gasteiger charge is 2.25. The molecule has 1 amide bonds. The summed E-state index contributed by atoms with van der Waals surface area (Å²) in [5.74, 6) is -0.513. The van der Waals surface area contributed by atoms with Crippen LogP contribution in [0.2, 0.25) is 5.02 Å². The molecule has 4 rings (SSSR count). The smallest absolute Gasteiger partial charge is 0.257 e. The molecule has 0 radical (unpaired) electrons. The number of hydrogen-bond acceptors (Lipinski definition) is 7. The van der Waals surface area contributed by atoms with E-state index >= 15 is 4.39 Å². The van der Waals surface area contributed by atoms with Crippen LogP contribution in [0.4, 0.5) is 16.0 Å². The minimum atomic E-state index is -0.653. The van der Waals surface area contributed by atoms with E-state index in [0.717, 1.165) is 18.7 Å². The number of carbonyl (C=O) groups excluding carboxylic acids is 1. The van der Waals surface area contributed by atoms with Gasteiger partial charge in [0.2, 0.25) is 5.95 Å². The number of rotatable bonds is 6. The Morgan fingerprint density at radius 2 is 1.94 bits per heavy atom. The average Bonchev–Trinajstić information content (AvgIpc) is 3.31. The Morgan fingerprint density at radius 1 is 1.21 bits per heavy atom. The molecule has 34 heavy (non-hydrogen) atoms. The second-order valence-electron chi connectivity index (χ2n) is 8.45. The van der Waals surface area contributed by atoms with Gasteiger partial charge in [0.1, 0.15) is 11.6 Å². The summed E-state index contributed by atoms with van der Waals surface area (Å²) in [4.78, 5) is 25.4. The first-order valence-electron chi connectivity index (χ1n) is 11.0. The number of halogens is 2. The van der Waals surface area contributed by atoms with Crippen LogP contribution in [0.1, 0.15) is 30.2 Å². The van der Waals surface area contributed by atoms with Gasteiger partial charge in [-0.1, -0.05) is 11.6 Å². The van der Waals surface area contributed by atoms with Crippen molar-refractivity contribution in [1.82, 2.24) is 29.5 Å². The second kappa shape index (κ2) is 9.94. The summed E-state index contributed by atoms with van der Waals surface area (Å²) in [6.07, 6.45) is 4.99. The topological polar surface area (TPSA) is 88.4 Å². The Labute approximate surface area is 202 Å². The van der Waals surface area contributed by atoms with Gasteiger partial charge in [0.25, 0.3) is 5.91 Å². The highest BCUT2D eigenvalue weighted by Crippen LogP contribution is 2.32. The first-order chi connectivity index (χ1) is 16.3. The van der Waals surface area contributed by atoms with Gasteiger partial charge in [-0.2, -0.15) is 5.10 Å². The Kier molecular flexibility index (Phi) is 6.99. The number of hydrogen-bond donors (Lipinski definition) is 1. The minimum Gasteiger partial charge on any atom is -0.495 e. The Balaban J connectivity index is 1.60. The van der Waals surface area contributed by atoms with E-state index in [1.165, 1.54) is 25.4 Å². The molecule has 180 valence electrons. The Morgan fingerprint density at radius 3 is 2.59 bits per heavy atom. The van der Waals surface area contributed by atoms with E-state index in [0.29, 0.717) is 35.2 Å². The van der Waals surface area contributed by atoms with Crippen LogP contribution < -0.4 is 10.1 Å². The Bertz CT molecular complexity index is 1190. The van der Waals surface area contributed by atoms with Gasteiger partial charge in [-0.3, -0.25) is 9.48 Å². The molecule has 1 aromatic carbocycles. The van der Waals surface area contributed by atoms with Gasteiger partial charge in [-0.05, 0) is 27.0 Å². The summed E-state index contributed by atoms with van der Waals surface area (Å²) < 4.78 is 22.2. The van der Waals surface area contributed by atoms with Crippen molar-refractivity contribution in [1.29, 1.82) is 0 Å². The van der Waals surface area contributed by atoms with Gasteiger partial charge < -0.3 is 19.9 Å². The van der Waals surface area contributed by atoms with Crippen LogP contribution in [0.5, 0.6) is 5.75 Å². The molecule has 0 aliphatic carbocycles. The van der Waals surface area contributed by atoms with Crippen molar-refractivity contribution in [3.63, 3.8) is 0 Å². The van der Waals surface area contributed by atoms with E-state index < -0.39 is 5.82 Å². The monoisotopic (exact) mass is 487 g/mol. The number of ether oxygens (including phenoxy) is 1. The molecule has 0 atom stereocenters. The van der Waals surface area contributed by atoms with Crippen LogP contribution in [0, 0.1) is 5.82 Å². The molecule has 0 unspecified atom stereocenters. The van der Waals surface area contributed by atoms with Gasteiger partial charge >= 0.3 is 0 Å². The van der Waals surface area contributed by atoms with E-state index in [-0.39, 0.29) is 23.5 Å². The van der Waals surface area contributed by atoms with E-state index in [1.807, 2.05) is 27.1 Å². The maximum atomic E-state index is 15.0. The molecule has 11 heteroatoms. The van der Waals surface area contributed by atoms with Crippen molar-refractivity contribution < 1.29 is 13.9 Å². The van der Waals surface area contributed by atoms with Crippen LogP contribution >= 0.6 is 11.6 Å². The number of piperazine rings is 1. The van der Waals surface area contributed by atoms with Crippen LogP contribution in [0.3, 0.4) is 0 Å². The average molecular weight is 488 g/mol. The molecule has 1 N–H and O–H groups in total. The fourth-order valence-corrected chi connectivity index (χ4v) is 3.86. The molecule has 3 aromatic rings. The SMILES string of the molecule is COc1cc(C(=O)N2CCN(C)CC2)c(F)cc1Nc1ncc(Cl)c(-c2cnn(C(C)C)c2)n1. The molecule has 3 heterocycles. The number of amides is 1. The molecule has 0 saturated carbocycles. The number of nitrogens with one attached hydrogen (secondary N) is 1. The van der Waals surface area contributed by atoms with E-state index in [4.69, 9.17) is 16.3 Å². The summed E-state index contributed by atoms with van der Waals surface area (Å²) in [7, 11) is 3.45. The van der Waals surface area contributed by atoms with Crippen LogP contribution in [-0.2, 0) is 0 Å². The second-order valence-corrected chi connectivity index (χ2v) is 8.85. The van der Waals surface area contributed by atoms with Gasteiger partial charge in [-0.15, -0.1) is 0 Å². The van der Waals surface area contributed by atoms with Crippen molar-refractivity contribution >= 4 is 29.1 Å². The standard InChI is InChI=1S/C23H27ClFN7O2/c1-14(2)32-13-15(11-27-32)21-17(24)12-26-23(29-21)28-19-10-18(25)16(9-20(19)34-4)22(33)31-7-5-30(3)6-8-31/h9-14H,5-8H2,1-4H3,(H,26,28,29). The quantitative estimate of drug-likeness (QED) is 0.565. The van der Waals surface area contributed by atoms with Crippen molar-refractivity contribution in [3.05, 3.63) is 47.1 Å². The van der Waals surface area contributed by atoms with Gasteiger partial charge in [0.15, 0.2) is 0 Å². The summed E-state index contributed by atoms with van der Waals surface area (Å²) in [6, 6.07) is 2.81. The Hall–Kier alpha value is -3.24. The zero-order valence-corrected chi connectivity index (χ0v) is 20.3. The summed E-state index contributed by atoms with van der Waals surface area (Å²) in [5, 5.41) is 7.66. The maximum Gasteiger partial charge on any atom is 0.257 e. The molecule has 2 aromatic heterocycles. The van der Waals surface area contributed by atoms with Crippen molar-refractivity contribution in [2.75, 3.05) is 45.7 Å². The number of anilines is 2. The fraction of sp³-hybridized carbons (Fsp3) is 0.391. The molecular formula is C23H27ClFN7O2. The number of methoxy groups -OCH3 is 1. The van der Waals surface area contributed by atoms with Crippen molar-refractivity contribution in [2.45, 2.75) is 19.9 Å². The van der Waals surface area contributed by atoms with E-state index in [1.54, 1.807) is 15.8 Å². The third kappa shape index (κ3) is 4.97. The summed E-state index contributed by atoms with van der Waals surface area (Å²) in [5.41, 5.74) is 1.48. The molecule has 0 bridgehead atoms. The molecule has 0 spiro atoms. The normalized spacial score (nSPS) is 14.5. The number of carbonyl (C=O) groups is 1. The van der Waals surface area contributed by atoms with E-state index in [9.17, 15) is 4.79 Å². The number of likely N-dealkylation sites (N-methyl/N-ethyl adjacent to an activating group) is 1. The van der Waals surface area contributed by atoms with E-state index in [2.05, 4.69) is 25.3 Å². The van der Waals surface area contributed by atoms with Crippen LogP contribution in [0.25, 0.3) is 11.3 Å². The predicted molar refractivity (Wildman–Crippen MR) is 128 cm³/mol. The first-order valence-corrected chi connectivity index (χ1v) is 11.3. The van der Waals surface area contributed by atoms with Crippen molar-refractivity contribution in [2.24, 2.45) is 0 Å². The van der Waals surface area contributed by atoms with Crippen LogP contribution in [-0.4, -0.2) is 75.8 Å². The lowest BCUT2D eigenvalue weighted by Gasteiger charge is -2.32. The highest BCUT2D eigenvalue weighted by atomic mass is 35.5. The molecular weight excluding hydrogens is 461 g/mol. The highest BCUT2D eigenvalue weighted by molar-refractivity contribution is 6.32. The molecule has 1 fully saturated rings. The van der Waals surface area contributed by atoms with Gasteiger partial charge in [-0.25, -0.2) is 14.4 Å². The molecule has 9 nitrogen and oxygen atoms in total. The van der Waals surface area contributed by atoms with Gasteiger partial charge in [0.05, 0.1) is 41.5 Å². The fourth-order valence-electron chi connectivity index (χ4n) is 3.66. The summed E-state index contributed by atoms with van der Waals surface area (Å²) in [6.45, 7) is 6.62. The molecule has 1 saturated heterocycles. The first kappa shape index (κ1) is 23.9. The number of benzene rings is 1. The number of nitrogens with zero attached hydrogens (tertiary/aromatic N) is 6. The summed E-state index contributed by atoms with van der Waals surface area (Å²) >= 11 is 6.33. The predicted octanol–water partition coefficient (Wildman–Crippen LogP) is 3.85. The number of aromatic nitrogens is 4. The molecule has 1 aliphatic rings. The van der Waals surface area contributed by atoms with Crippen molar-refractivity contribution in [3.8, 4) is 17.0 Å². The van der Waals surface area contributed by atoms with Gasteiger partial charge in [0, 0.05) is 50.0 Å². The largest absolute Gasteiger partial charge is 0.495 e. The van der Waals surface area contributed by atoms with Crippen LogP contribution in [0.15, 0.2) is 30.7 Å². The lowest BCUT2D eigenvalue weighted by Crippen LogP contribution is -2.47. The zero-order valence-electron chi connectivity index (χ0n) is 19.5. The zero-order chi connectivity index (χ0) is 24.4. The maximum absolute atomic E-state index is 15.0. The molecule has 1 aliphatic heterocycles. The lowest BCUT2D eigenvalue weighted by atomic mass is 10.1. The lowest BCUT2D eigenvalue weighted by molar-refractivity contribution is 0.0659. The third-order valence-electron chi connectivity index (χ3n) is 5.70. The minimum absolute atomic E-state index is 0.0363.